The van der Waals surface area contributed by atoms with E-state index in [1.807, 2.05) is 0 Å². The van der Waals surface area contributed by atoms with Gasteiger partial charge >= 0.3 is 5.97 Å². The lowest BCUT2D eigenvalue weighted by molar-refractivity contribution is 0.0695. The number of carbonyl (C=O) groups is 2. The molecule has 2 heterocycles. The summed E-state index contributed by atoms with van der Waals surface area (Å²) >= 11 is 0. The highest BCUT2D eigenvalue weighted by molar-refractivity contribution is 5.96. The van der Waals surface area contributed by atoms with E-state index in [1.54, 1.807) is 19.9 Å². The summed E-state index contributed by atoms with van der Waals surface area (Å²) in [6, 6.07) is 3.09. The molecule has 7 heteroatoms. The van der Waals surface area contributed by atoms with E-state index in [0.29, 0.717) is 11.4 Å². The van der Waals surface area contributed by atoms with Crippen LogP contribution < -0.4 is 5.73 Å². The van der Waals surface area contributed by atoms with Crippen molar-refractivity contribution in [1.82, 2.24) is 14.8 Å². The van der Waals surface area contributed by atoms with E-state index >= 15 is 0 Å². The van der Waals surface area contributed by atoms with Crippen molar-refractivity contribution in [2.24, 2.45) is 5.73 Å². The minimum Gasteiger partial charge on any atom is -0.478 e. The second kappa shape index (κ2) is 4.52. The number of nitrogens with zero attached hydrogens (tertiary/aromatic N) is 3. The minimum atomic E-state index is -1.07. The number of rotatable bonds is 3. The maximum absolute atomic E-state index is 11.4. The number of nitrogens with two attached hydrogens (primary N) is 1. The van der Waals surface area contributed by atoms with Crippen LogP contribution in [0.2, 0.25) is 0 Å². The number of carbonyl (C=O) groups excluding carboxylic acids is 1. The summed E-state index contributed by atoms with van der Waals surface area (Å²) in [7, 11) is 0. The summed E-state index contributed by atoms with van der Waals surface area (Å²) in [5, 5.41) is 13.2. The number of aryl methyl sites for hydroxylation is 1. The SMILES string of the molecule is Cc1nn(-c2ncccc2C(N)=O)c(C)c1C(=O)O. The highest BCUT2D eigenvalue weighted by atomic mass is 16.4. The highest BCUT2D eigenvalue weighted by Crippen LogP contribution is 2.18. The number of hydrogen-bond donors (Lipinski definition) is 2. The molecule has 2 aromatic heterocycles. The van der Waals surface area contributed by atoms with Gasteiger partial charge in [-0.3, -0.25) is 4.79 Å². The second-order valence-corrected chi connectivity index (χ2v) is 4.00. The van der Waals surface area contributed by atoms with Crippen LogP contribution in [0.4, 0.5) is 0 Å². The van der Waals surface area contributed by atoms with Crippen LogP contribution in [0.3, 0.4) is 0 Å². The molecule has 19 heavy (non-hydrogen) atoms. The average molecular weight is 260 g/mol. The smallest absolute Gasteiger partial charge is 0.339 e. The van der Waals surface area contributed by atoms with Gasteiger partial charge in [0.2, 0.25) is 0 Å². The molecule has 0 saturated heterocycles. The monoisotopic (exact) mass is 260 g/mol. The fraction of sp³-hybridized carbons (Fsp3) is 0.167. The molecule has 0 fully saturated rings. The van der Waals surface area contributed by atoms with E-state index in [1.165, 1.54) is 16.9 Å². The van der Waals surface area contributed by atoms with Gasteiger partial charge in [-0.15, -0.1) is 0 Å². The summed E-state index contributed by atoms with van der Waals surface area (Å²) < 4.78 is 1.32. The van der Waals surface area contributed by atoms with Crippen LogP contribution in [-0.4, -0.2) is 31.7 Å². The van der Waals surface area contributed by atoms with Crippen molar-refractivity contribution < 1.29 is 14.7 Å². The fourth-order valence-corrected chi connectivity index (χ4v) is 1.92. The fourth-order valence-electron chi connectivity index (χ4n) is 1.92. The molecular weight excluding hydrogens is 248 g/mol. The average Bonchev–Trinajstić information content (AvgIpc) is 2.64. The standard InChI is InChI=1S/C12H12N4O3/c1-6-9(12(18)19)7(2)16(15-6)11-8(10(13)17)4-3-5-14-11/h3-5H,1-2H3,(H2,13,17)(H,18,19). The zero-order valence-corrected chi connectivity index (χ0v) is 10.4. The largest absolute Gasteiger partial charge is 0.478 e. The van der Waals surface area contributed by atoms with Gasteiger partial charge in [-0.1, -0.05) is 0 Å². The van der Waals surface area contributed by atoms with Gasteiger partial charge in [-0.2, -0.15) is 5.10 Å². The van der Waals surface area contributed by atoms with E-state index in [0.717, 1.165) is 0 Å². The van der Waals surface area contributed by atoms with Gasteiger partial charge in [0.1, 0.15) is 5.56 Å². The first-order valence-electron chi connectivity index (χ1n) is 5.48. The summed E-state index contributed by atoms with van der Waals surface area (Å²) in [6.45, 7) is 3.18. The molecule has 0 aliphatic heterocycles. The number of amides is 1. The molecule has 0 atom stereocenters. The highest BCUT2D eigenvalue weighted by Gasteiger charge is 2.21. The van der Waals surface area contributed by atoms with Crippen molar-refractivity contribution in [1.29, 1.82) is 0 Å². The molecule has 0 aliphatic rings. The van der Waals surface area contributed by atoms with Crippen molar-refractivity contribution >= 4 is 11.9 Å². The molecule has 0 aliphatic carbocycles. The van der Waals surface area contributed by atoms with E-state index in [9.17, 15) is 9.59 Å². The van der Waals surface area contributed by atoms with Crippen LogP contribution in [0, 0.1) is 13.8 Å². The summed E-state index contributed by atoms with van der Waals surface area (Å²) in [6.07, 6.45) is 1.48. The van der Waals surface area contributed by atoms with Gasteiger partial charge in [0.05, 0.1) is 17.0 Å². The molecule has 2 aromatic rings. The number of hydrogen-bond acceptors (Lipinski definition) is 4. The Morgan fingerprint density at radius 3 is 2.58 bits per heavy atom. The molecule has 98 valence electrons. The normalized spacial score (nSPS) is 10.4. The summed E-state index contributed by atoms with van der Waals surface area (Å²) in [5.41, 5.74) is 6.30. The molecule has 0 radical (unpaired) electrons. The maximum atomic E-state index is 11.4. The predicted octanol–water partition coefficient (Wildman–Crippen LogP) is 0.681. The third kappa shape index (κ3) is 2.05. The third-order valence-corrected chi connectivity index (χ3v) is 2.76. The molecule has 3 N–H and O–H groups in total. The third-order valence-electron chi connectivity index (χ3n) is 2.76. The van der Waals surface area contributed by atoms with E-state index in [-0.39, 0.29) is 16.9 Å². The van der Waals surface area contributed by atoms with Crippen LogP contribution in [0.1, 0.15) is 32.1 Å². The van der Waals surface area contributed by atoms with E-state index in [2.05, 4.69) is 10.1 Å². The Morgan fingerprint density at radius 2 is 2.05 bits per heavy atom. The molecule has 0 unspecified atom stereocenters. The second-order valence-electron chi connectivity index (χ2n) is 4.00. The van der Waals surface area contributed by atoms with Gasteiger partial charge in [0.25, 0.3) is 5.91 Å². The molecule has 0 aromatic carbocycles. The molecule has 1 amide bonds. The predicted molar refractivity (Wildman–Crippen MR) is 66.3 cm³/mol. The summed E-state index contributed by atoms with van der Waals surface area (Å²) in [5.74, 6) is -1.49. The Labute approximate surface area is 108 Å². The number of pyridine rings is 1. The van der Waals surface area contributed by atoms with E-state index in [4.69, 9.17) is 10.8 Å². The number of carboxylic acid groups (broad SMARTS) is 1. The van der Waals surface area contributed by atoms with Gasteiger partial charge in [0, 0.05) is 6.20 Å². The minimum absolute atomic E-state index is 0.0982. The van der Waals surface area contributed by atoms with Crippen LogP contribution >= 0.6 is 0 Å². The van der Waals surface area contributed by atoms with E-state index < -0.39 is 11.9 Å². The summed E-state index contributed by atoms with van der Waals surface area (Å²) in [4.78, 5) is 26.5. The number of aromatic nitrogens is 3. The molecule has 2 rings (SSSR count). The van der Waals surface area contributed by atoms with Gasteiger partial charge in [0.15, 0.2) is 5.82 Å². The number of carboxylic acids is 1. The van der Waals surface area contributed by atoms with Gasteiger partial charge in [-0.05, 0) is 26.0 Å². The molecule has 0 saturated carbocycles. The van der Waals surface area contributed by atoms with Crippen LogP contribution in [0.25, 0.3) is 5.82 Å². The Kier molecular flexibility index (Phi) is 3.04. The van der Waals surface area contributed by atoms with Gasteiger partial charge < -0.3 is 10.8 Å². The molecule has 0 spiro atoms. The lowest BCUT2D eigenvalue weighted by atomic mass is 10.2. The Hall–Kier alpha value is -2.70. The molecular formula is C12H12N4O3. The van der Waals surface area contributed by atoms with Crippen LogP contribution in [-0.2, 0) is 0 Å². The van der Waals surface area contributed by atoms with Crippen molar-refractivity contribution in [2.45, 2.75) is 13.8 Å². The molecule has 0 bridgehead atoms. The Balaban J connectivity index is 2.70. The van der Waals surface area contributed by atoms with Crippen LogP contribution in [0.5, 0.6) is 0 Å². The Morgan fingerprint density at radius 1 is 1.37 bits per heavy atom. The lowest BCUT2D eigenvalue weighted by Gasteiger charge is -2.07. The number of primary amides is 1. The molecule has 7 nitrogen and oxygen atoms in total. The van der Waals surface area contributed by atoms with Crippen molar-refractivity contribution in [3.8, 4) is 5.82 Å². The quantitative estimate of drug-likeness (QED) is 0.842. The van der Waals surface area contributed by atoms with Crippen molar-refractivity contribution in [2.75, 3.05) is 0 Å². The first kappa shape index (κ1) is 12.7. The van der Waals surface area contributed by atoms with Crippen LogP contribution in [0.15, 0.2) is 18.3 Å². The zero-order valence-electron chi connectivity index (χ0n) is 10.4. The topological polar surface area (TPSA) is 111 Å². The lowest BCUT2D eigenvalue weighted by Crippen LogP contribution is -2.17. The Bertz CT molecular complexity index is 676. The first-order chi connectivity index (χ1) is 8.93. The maximum Gasteiger partial charge on any atom is 0.339 e. The van der Waals surface area contributed by atoms with Gasteiger partial charge in [-0.25, -0.2) is 14.5 Å². The zero-order chi connectivity index (χ0) is 14.2. The first-order valence-corrected chi connectivity index (χ1v) is 5.48. The number of aromatic carboxylic acids is 1. The van der Waals surface area contributed by atoms with Crippen molar-refractivity contribution in [3.63, 3.8) is 0 Å². The van der Waals surface area contributed by atoms with Crippen molar-refractivity contribution in [3.05, 3.63) is 40.8 Å².